The zero-order valence-corrected chi connectivity index (χ0v) is 15.4. The number of aryl methyl sites for hydroxylation is 1. The van der Waals surface area contributed by atoms with Crippen LogP contribution in [0.2, 0.25) is 0 Å². The quantitative estimate of drug-likeness (QED) is 0.416. The first-order valence-corrected chi connectivity index (χ1v) is 9.15. The van der Waals surface area contributed by atoms with Crippen molar-refractivity contribution < 1.29 is 9.59 Å². The Morgan fingerprint density at radius 2 is 2.31 bits per heavy atom. The summed E-state index contributed by atoms with van der Waals surface area (Å²) in [6, 6.07) is -0.326. The molecule has 0 bridgehead atoms. The zero-order valence-electron chi connectivity index (χ0n) is 15.4. The molecule has 9 heteroatoms. The molecular formula is C17H27N7O2. The van der Waals surface area contributed by atoms with E-state index < -0.39 is 0 Å². The van der Waals surface area contributed by atoms with Crippen LogP contribution in [-0.2, 0) is 18.3 Å². The van der Waals surface area contributed by atoms with Crippen LogP contribution >= 0.6 is 0 Å². The Morgan fingerprint density at radius 3 is 2.96 bits per heavy atom. The first-order chi connectivity index (χ1) is 12.6. The number of hydrogen-bond acceptors (Lipinski definition) is 4. The number of likely N-dealkylation sites (tertiary alicyclic amines) is 1. The number of aromatic nitrogens is 2. The van der Waals surface area contributed by atoms with Crippen LogP contribution in [0, 0.1) is 5.92 Å². The number of nitrogens with zero attached hydrogens (tertiary/aromatic N) is 5. The van der Waals surface area contributed by atoms with Crippen LogP contribution in [0.1, 0.15) is 18.9 Å². The van der Waals surface area contributed by atoms with E-state index in [-0.39, 0.29) is 18.5 Å². The van der Waals surface area contributed by atoms with Gasteiger partial charge in [-0.15, -0.1) is 0 Å². The topological polar surface area (TPSA) is 94.9 Å². The van der Waals surface area contributed by atoms with Gasteiger partial charge < -0.3 is 15.5 Å². The monoisotopic (exact) mass is 361 g/mol. The van der Waals surface area contributed by atoms with Crippen LogP contribution in [0.25, 0.3) is 0 Å². The number of amides is 3. The highest BCUT2D eigenvalue weighted by Gasteiger charge is 2.28. The van der Waals surface area contributed by atoms with Gasteiger partial charge in [0, 0.05) is 32.9 Å². The third-order valence-corrected chi connectivity index (χ3v) is 4.73. The largest absolute Gasteiger partial charge is 0.357 e. The van der Waals surface area contributed by atoms with E-state index in [0.29, 0.717) is 19.0 Å². The van der Waals surface area contributed by atoms with E-state index in [1.807, 2.05) is 24.9 Å². The lowest BCUT2D eigenvalue weighted by Gasteiger charge is -2.22. The number of carbonyl (C=O) groups excluding carboxylic acids is 2. The van der Waals surface area contributed by atoms with Crippen LogP contribution in [0.5, 0.6) is 0 Å². The van der Waals surface area contributed by atoms with E-state index in [1.54, 1.807) is 0 Å². The maximum Gasteiger partial charge on any atom is 0.324 e. The van der Waals surface area contributed by atoms with Gasteiger partial charge in [0.25, 0.3) is 0 Å². The molecule has 0 aliphatic carbocycles. The standard InChI is InChI=1S/C17H27N7O2/c1-3-18-16(19-5-7-24-15(25)10-20-17(24)26)23-6-4-13(12-23)8-14-9-21-22(2)11-14/h9,11,13H,3-8,10,12H2,1-2H3,(H,18,19)(H,20,26). The van der Waals surface area contributed by atoms with Crippen molar-refractivity contribution in [3.8, 4) is 0 Å². The first-order valence-electron chi connectivity index (χ1n) is 9.15. The lowest BCUT2D eigenvalue weighted by Crippen LogP contribution is -2.41. The van der Waals surface area contributed by atoms with Crippen LogP contribution in [-0.4, -0.2) is 76.7 Å². The molecule has 3 amide bonds. The van der Waals surface area contributed by atoms with Gasteiger partial charge in [-0.2, -0.15) is 5.10 Å². The van der Waals surface area contributed by atoms with Gasteiger partial charge >= 0.3 is 6.03 Å². The minimum Gasteiger partial charge on any atom is -0.357 e. The fourth-order valence-electron chi connectivity index (χ4n) is 3.47. The van der Waals surface area contributed by atoms with E-state index in [2.05, 4.69) is 31.8 Å². The maximum absolute atomic E-state index is 11.6. The molecule has 3 heterocycles. The first kappa shape index (κ1) is 18.2. The van der Waals surface area contributed by atoms with Gasteiger partial charge in [0.05, 0.1) is 25.8 Å². The van der Waals surface area contributed by atoms with Crippen molar-refractivity contribution in [1.29, 1.82) is 0 Å². The molecule has 0 radical (unpaired) electrons. The van der Waals surface area contributed by atoms with E-state index in [4.69, 9.17) is 0 Å². The summed E-state index contributed by atoms with van der Waals surface area (Å²) in [5.41, 5.74) is 1.26. The Labute approximate surface area is 153 Å². The average Bonchev–Trinajstić information content (AvgIpc) is 3.31. The third-order valence-electron chi connectivity index (χ3n) is 4.73. The van der Waals surface area contributed by atoms with E-state index >= 15 is 0 Å². The Balaban J connectivity index is 1.53. The Hall–Kier alpha value is -2.58. The summed E-state index contributed by atoms with van der Waals surface area (Å²) >= 11 is 0. The number of nitrogens with one attached hydrogen (secondary N) is 2. The van der Waals surface area contributed by atoms with Gasteiger partial charge in [0.1, 0.15) is 0 Å². The van der Waals surface area contributed by atoms with Crippen molar-refractivity contribution in [3.63, 3.8) is 0 Å². The summed E-state index contributed by atoms with van der Waals surface area (Å²) in [5, 5.41) is 10.1. The molecule has 2 N–H and O–H groups in total. The number of rotatable bonds is 6. The molecule has 0 spiro atoms. The zero-order chi connectivity index (χ0) is 18.5. The van der Waals surface area contributed by atoms with Crippen molar-refractivity contribution in [2.24, 2.45) is 18.0 Å². The van der Waals surface area contributed by atoms with Gasteiger partial charge in [-0.05, 0) is 31.2 Å². The molecule has 0 aromatic carbocycles. The van der Waals surface area contributed by atoms with Crippen molar-refractivity contribution in [2.75, 3.05) is 39.3 Å². The van der Waals surface area contributed by atoms with Crippen LogP contribution in [0.3, 0.4) is 0 Å². The molecule has 1 aromatic rings. The number of urea groups is 1. The number of aliphatic imine (C=N–C) groups is 1. The van der Waals surface area contributed by atoms with E-state index in [9.17, 15) is 9.59 Å². The molecule has 3 rings (SSSR count). The summed E-state index contributed by atoms with van der Waals surface area (Å²) in [6.45, 7) is 5.54. The fraction of sp³-hybridized carbons (Fsp3) is 0.647. The van der Waals surface area contributed by atoms with E-state index in [0.717, 1.165) is 38.4 Å². The summed E-state index contributed by atoms with van der Waals surface area (Å²) in [5.74, 6) is 1.25. The number of carbonyl (C=O) groups is 2. The molecular weight excluding hydrogens is 334 g/mol. The summed E-state index contributed by atoms with van der Waals surface area (Å²) < 4.78 is 1.84. The lowest BCUT2D eigenvalue weighted by atomic mass is 10.0. The second-order valence-corrected chi connectivity index (χ2v) is 6.77. The molecule has 2 fully saturated rings. The van der Waals surface area contributed by atoms with Crippen LogP contribution < -0.4 is 10.6 Å². The van der Waals surface area contributed by atoms with E-state index in [1.165, 1.54) is 10.5 Å². The summed E-state index contributed by atoms with van der Waals surface area (Å²) in [6.07, 6.45) is 6.14. The number of guanidine groups is 1. The number of imide groups is 1. The smallest absolute Gasteiger partial charge is 0.324 e. The molecule has 2 aliphatic heterocycles. The predicted molar refractivity (Wildman–Crippen MR) is 97.7 cm³/mol. The third kappa shape index (κ3) is 4.33. The molecule has 2 aliphatic rings. The minimum atomic E-state index is -0.326. The molecule has 1 atom stereocenters. The summed E-state index contributed by atoms with van der Waals surface area (Å²) in [7, 11) is 1.94. The Kier molecular flexibility index (Phi) is 5.75. The van der Waals surface area contributed by atoms with Crippen LogP contribution in [0.15, 0.2) is 17.4 Å². The lowest BCUT2D eigenvalue weighted by molar-refractivity contribution is -0.124. The molecule has 142 valence electrons. The number of hydrogen-bond donors (Lipinski definition) is 2. The molecule has 2 saturated heterocycles. The highest BCUT2D eigenvalue weighted by Crippen LogP contribution is 2.20. The maximum atomic E-state index is 11.6. The van der Waals surface area contributed by atoms with Crippen molar-refractivity contribution >= 4 is 17.9 Å². The molecule has 1 aromatic heterocycles. The highest BCUT2D eigenvalue weighted by atomic mass is 16.2. The second-order valence-electron chi connectivity index (χ2n) is 6.77. The van der Waals surface area contributed by atoms with Gasteiger partial charge in [-0.25, -0.2) is 4.79 Å². The normalized spacial score (nSPS) is 20.8. The van der Waals surface area contributed by atoms with Crippen molar-refractivity contribution in [3.05, 3.63) is 18.0 Å². The molecule has 1 unspecified atom stereocenters. The van der Waals surface area contributed by atoms with Crippen molar-refractivity contribution in [1.82, 2.24) is 30.2 Å². The van der Waals surface area contributed by atoms with Gasteiger partial charge in [-0.1, -0.05) is 0 Å². The minimum absolute atomic E-state index is 0.0881. The van der Waals surface area contributed by atoms with Gasteiger partial charge in [0.2, 0.25) is 5.91 Å². The van der Waals surface area contributed by atoms with Crippen molar-refractivity contribution in [2.45, 2.75) is 19.8 Å². The van der Waals surface area contributed by atoms with Gasteiger partial charge in [-0.3, -0.25) is 19.4 Å². The van der Waals surface area contributed by atoms with Gasteiger partial charge in [0.15, 0.2) is 5.96 Å². The Morgan fingerprint density at radius 1 is 1.46 bits per heavy atom. The Bertz CT molecular complexity index is 668. The highest BCUT2D eigenvalue weighted by molar-refractivity contribution is 6.01. The molecule has 26 heavy (non-hydrogen) atoms. The summed E-state index contributed by atoms with van der Waals surface area (Å²) in [4.78, 5) is 31.3. The fourth-order valence-corrected chi connectivity index (χ4v) is 3.47. The predicted octanol–water partition coefficient (Wildman–Crippen LogP) is -0.198. The second kappa shape index (κ2) is 8.20. The van der Waals surface area contributed by atoms with Crippen LogP contribution in [0.4, 0.5) is 4.79 Å². The SMILES string of the molecule is CCNC(=NCCN1C(=O)CNC1=O)N1CCC(Cc2cnn(C)c2)C1. The molecule has 0 saturated carbocycles. The average molecular weight is 361 g/mol. The molecule has 9 nitrogen and oxygen atoms in total.